The fourth-order valence-electron chi connectivity index (χ4n) is 3.49. The van der Waals surface area contributed by atoms with E-state index in [4.69, 9.17) is 5.11 Å². The van der Waals surface area contributed by atoms with Crippen molar-refractivity contribution in [3.63, 3.8) is 0 Å². The minimum absolute atomic E-state index is 0.179. The third kappa shape index (κ3) is 2.88. The summed E-state index contributed by atoms with van der Waals surface area (Å²) in [6, 6.07) is 6.21. The van der Waals surface area contributed by atoms with Crippen LogP contribution in [0.25, 0.3) is 22.3 Å². The highest BCUT2D eigenvalue weighted by Crippen LogP contribution is 2.26. The van der Waals surface area contributed by atoms with E-state index in [2.05, 4.69) is 10.4 Å². The first kappa shape index (κ1) is 17.7. The molecule has 10 heteroatoms. The third-order valence-corrected chi connectivity index (χ3v) is 4.84. The number of hydrogen-bond acceptors (Lipinski definition) is 5. The number of nitrogens with zero attached hydrogens (tertiary/aromatic N) is 4. The van der Waals surface area contributed by atoms with Crippen LogP contribution < -0.4 is 11.0 Å². The van der Waals surface area contributed by atoms with Crippen LogP contribution in [-0.4, -0.2) is 41.8 Å². The van der Waals surface area contributed by atoms with Crippen molar-refractivity contribution in [2.75, 3.05) is 0 Å². The molecule has 1 fully saturated rings. The number of rotatable bonds is 4. The summed E-state index contributed by atoms with van der Waals surface area (Å²) >= 11 is 0. The van der Waals surface area contributed by atoms with Crippen molar-refractivity contribution in [3.8, 4) is 11.3 Å². The average Bonchev–Trinajstić information content (AvgIpc) is 3.19. The second-order valence-electron chi connectivity index (χ2n) is 6.67. The third-order valence-electron chi connectivity index (χ3n) is 4.84. The molecule has 0 aliphatic carbocycles. The summed E-state index contributed by atoms with van der Waals surface area (Å²) in [6.07, 6.45) is 2.02. The SMILES string of the molecule is Cn1c(=O)n(C2CCC(=O)NC2=O)c2ccc(-c3ccn(CC(=O)O)n3)cc21. The van der Waals surface area contributed by atoms with Gasteiger partial charge in [0, 0.05) is 25.2 Å². The van der Waals surface area contributed by atoms with Crippen LogP contribution in [0.1, 0.15) is 18.9 Å². The van der Waals surface area contributed by atoms with Gasteiger partial charge in [-0.3, -0.25) is 33.5 Å². The molecular weight excluding hydrogens is 366 g/mol. The minimum atomic E-state index is -0.992. The van der Waals surface area contributed by atoms with Crippen LogP contribution in [0.15, 0.2) is 35.3 Å². The number of fused-ring (bicyclic) bond motifs is 1. The summed E-state index contributed by atoms with van der Waals surface area (Å²) in [6.45, 7) is -0.243. The minimum Gasteiger partial charge on any atom is -0.480 e. The van der Waals surface area contributed by atoms with E-state index in [0.29, 0.717) is 22.3 Å². The number of aryl methyl sites for hydroxylation is 1. The maximum absolute atomic E-state index is 12.8. The lowest BCUT2D eigenvalue weighted by molar-refractivity contribution is -0.138. The van der Waals surface area contributed by atoms with Crippen LogP contribution >= 0.6 is 0 Å². The maximum atomic E-state index is 12.8. The van der Waals surface area contributed by atoms with Crippen molar-refractivity contribution in [2.24, 2.45) is 7.05 Å². The van der Waals surface area contributed by atoms with E-state index < -0.39 is 17.9 Å². The number of hydrogen-bond donors (Lipinski definition) is 2. The summed E-state index contributed by atoms with van der Waals surface area (Å²) in [4.78, 5) is 47.2. The van der Waals surface area contributed by atoms with Gasteiger partial charge >= 0.3 is 11.7 Å². The van der Waals surface area contributed by atoms with Crippen molar-refractivity contribution in [2.45, 2.75) is 25.4 Å². The number of carboxylic acids is 1. The van der Waals surface area contributed by atoms with E-state index in [0.717, 1.165) is 0 Å². The Hall–Kier alpha value is -3.69. The molecule has 2 aromatic heterocycles. The van der Waals surface area contributed by atoms with Gasteiger partial charge in [-0.2, -0.15) is 5.10 Å². The van der Waals surface area contributed by atoms with Crippen LogP contribution in [0.2, 0.25) is 0 Å². The van der Waals surface area contributed by atoms with Crippen molar-refractivity contribution < 1.29 is 19.5 Å². The molecule has 0 radical (unpaired) electrons. The predicted molar refractivity (Wildman–Crippen MR) is 97.5 cm³/mol. The molecular formula is C18H17N5O5. The van der Waals surface area contributed by atoms with Gasteiger partial charge in [-0.05, 0) is 24.6 Å². The number of carbonyl (C=O) groups excluding carboxylic acids is 2. The monoisotopic (exact) mass is 383 g/mol. The summed E-state index contributed by atoms with van der Waals surface area (Å²) < 4.78 is 4.16. The Labute approximate surface area is 158 Å². The molecule has 10 nitrogen and oxygen atoms in total. The normalized spacial score (nSPS) is 17.1. The fraction of sp³-hybridized carbons (Fsp3) is 0.278. The van der Waals surface area contributed by atoms with E-state index >= 15 is 0 Å². The molecule has 28 heavy (non-hydrogen) atoms. The van der Waals surface area contributed by atoms with Gasteiger partial charge in [0.1, 0.15) is 12.6 Å². The molecule has 1 saturated heterocycles. The summed E-state index contributed by atoms with van der Waals surface area (Å²) in [5.41, 5.74) is 2.13. The highest BCUT2D eigenvalue weighted by molar-refractivity contribution is 6.00. The number of amides is 2. The predicted octanol–water partition coefficient (Wildman–Crippen LogP) is 0.266. The second kappa shape index (κ2) is 6.48. The smallest absolute Gasteiger partial charge is 0.329 e. The van der Waals surface area contributed by atoms with Gasteiger partial charge in [0.15, 0.2) is 0 Å². The average molecular weight is 383 g/mol. The Bertz CT molecular complexity index is 1180. The van der Waals surface area contributed by atoms with Gasteiger partial charge in [-0.25, -0.2) is 4.79 Å². The number of imide groups is 1. The summed E-state index contributed by atoms with van der Waals surface area (Å²) in [7, 11) is 1.61. The van der Waals surface area contributed by atoms with E-state index in [1.807, 2.05) is 0 Å². The molecule has 0 saturated carbocycles. The van der Waals surface area contributed by atoms with E-state index in [-0.39, 0.29) is 31.0 Å². The zero-order valence-electron chi connectivity index (χ0n) is 15.0. The van der Waals surface area contributed by atoms with Gasteiger partial charge in [-0.1, -0.05) is 6.07 Å². The first-order chi connectivity index (χ1) is 13.3. The van der Waals surface area contributed by atoms with E-state index in [9.17, 15) is 19.2 Å². The van der Waals surface area contributed by atoms with Crippen LogP contribution in [0.3, 0.4) is 0 Å². The quantitative estimate of drug-likeness (QED) is 0.622. The molecule has 1 aliphatic heterocycles. The van der Waals surface area contributed by atoms with Crippen LogP contribution in [0.4, 0.5) is 0 Å². The van der Waals surface area contributed by atoms with E-state index in [1.54, 1.807) is 37.5 Å². The molecule has 3 heterocycles. The Morgan fingerprint density at radius 2 is 2.04 bits per heavy atom. The van der Waals surface area contributed by atoms with Crippen LogP contribution in [0.5, 0.6) is 0 Å². The van der Waals surface area contributed by atoms with Crippen LogP contribution in [0, 0.1) is 0 Å². The van der Waals surface area contributed by atoms with Crippen molar-refractivity contribution in [1.82, 2.24) is 24.2 Å². The Balaban J connectivity index is 1.77. The number of carbonyl (C=O) groups is 3. The zero-order valence-corrected chi connectivity index (χ0v) is 15.0. The first-order valence-electron chi connectivity index (χ1n) is 8.65. The molecule has 1 aromatic carbocycles. The zero-order chi connectivity index (χ0) is 20.0. The van der Waals surface area contributed by atoms with E-state index in [1.165, 1.54) is 13.8 Å². The molecule has 1 aliphatic rings. The summed E-state index contributed by atoms with van der Waals surface area (Å²) in [5.74, 6) is -1.81. The number of nitrogens with one attached hydrogen (secondary N) is 1. The maximum Gasteiger partial charge on any atom is 0.329 e. The van der Waals surface area contributed by atoms with Gasteiger partial charge in [0.2, 0.25) is 11.8 Å². The number of aliphatic carboxylic acids is 1. The molecule has 4 rings (SSSR count). The fourth-order valence-corrected chi connectivity index (χ4v) is 3.49. The van der Waals surface area contributed by atoms with Crippen molar-refractivity contribution in [3.05, 3.63) is 40.9 Å². The van der Waals surface area contributed by atoms with Gasteiger partial charge < -0.3 is 5.11 Å². The molecule has 1 atom stereocenters. The lowest BCUT2D eigenvalue weighted by Crippen LogP contribution is -2.44. The molecule has 2 amide bonds. The topological polar surface area (TPSA) is 128 Å². The highest BCUT2D eigenvalue weighted by Gasteiger charge is 2.31. The number of piperidine rings is 1. The van der Waals surface area contributed by atoms with Gasteiger partial charge in [0.25, 0.3) is 0 Å². The number of benzene rings is 1. The number of aromatic nitrogens is 4. The molecule has 0 spiro atoms. The number of carboxylic acid groups (broad SMARTS) is 1. The van der Waals surface area contributed by atoms with Crippen LogP contribution in [-0.2, 0) is 28.0 Å². The lowest BCUT2D eigenvalue weighted by atomic mass is 10.1. The molecule has 144 valence electrons. The second-order valence-corrected chi connectivity index (χ2v) is 6.67. The van der Waals surface area contributed by atoms with Gasteiger partial charge in [-0.15, -0.1) is 0 Å². The number of imidazole rings is 1. The van der Waals surface area contributed by atoms with Gasteiger partial charge in [0.05, 0.1) is 16.7 Å². The molecule has 2 N–H and O–H groups in total. The van der Waals surface area contributed by atoms with Crippen molar-refractivity contribution >= 4 is 28.8 Å². The Kier molecular flexibility index (Phi) is 4.10. The highest BCUT2D eigenvalue weighted by atomic mass is 16.4. The molecule has 1 unspecified atom stereocenters. The Morgan fingerprint density at radius 1 is 1.25 bits per heavy atom. The first-order valence-corrected chi connectivity index (χ1v) is 8.65. The molecule has 0 bridgehead atoms. The lowest BCUT2D eigenvalue weighted by Gasteiger charge is -2.21. The standard InChI is InChI=1S/C18H17N5O5/c1-21-14-8-10(11-6-7-22(20-11)9-16(25)26)2-3-12(14)23(18(21)28)13-4-5-15(24)19-17(13)27/h2-3,6-8,13H,4-5,9H2,1H3,(H,25,26)(H,19,24,27). The molecule has 3 aromatic rings. The summed E-state index contributed by atoms with van der Waals surface area (Å²) in [5, 5.41) is 15.4. The largest absolute Gasteiger partial charge is 0.480 e. The van der Waals surface area contributed by atoms with Crippen molar-refractivity contribution in [1.29, 1.82) is 0 Å². The Morgan fingerprint density at radius 3 is 2.75 bits per heavy atom.